The van der Waals surface area contributed by atoms with Crippen molar-refractivity contribution in [1.29, 1.82) is 0 Å². The van der Waals surface area contributed by atoms with E-state index in [-0.39, 0.29) is 0 Å². The number of ether oxygens (including phenoxy) is 3. The van der Waals surface area contributed by atoms with Gasteiger partial charge in [-0.3, -0.25) is 4.90 Å². The normalized spacial score (nSPS) is 17.2. The Kier molecular flexibility index (Phi) is 6.41. The Morgan fingerprint density at radius 1 is 1.11 bits per heavy atom. The summed E-state index contributed by atoms with van der Waals surface area (Å²) in [6.45, 7) is 2.54. The molecule has 2 aromatic rings. The minimum atomic E-state index is -0.887. The van der Waals surface area contributed by atoms with Crippen LogP contribution in [0.25, 0.3) is 0 Å². The van der Waals surface area contributed by atoms with E-state index in [2.05, 4.69) is 4.90 Å². The van der Waals surface area contributed by atoms with E-state index in [1.54, 1.807) is 33.5 Å². The molecule has 2 aromatic carbocycles. The third-order valence-corrected chi connectivity index (χ3v) is 5.31. The summed E-state index contributed by atoms with van der Waals surface area (Å²) in [6.07, 6.45) is 2.11. The van der Waals surface area contributed by atoms with E-state index >= 15 is 0 Å². The van der Waals surface area contributed by atoms with E-state index in [1.807, 2.05) is 24.3 Å². The van der Waals surface area contributed by atoms with Crippen molar-refractivity contribution in [3.8, 4) is 17.2 Å². The molecule has 28 heavy (non-hydrogen) atoms. The van der Waals surface area contributed by atoms with Crippen LogP contribution in [0, 0.1) is 0 Å². The maximum absolute atomic E-state index is 11.3. The van der Waals surface area contributed by atoms with E-state index in [1.165, 1.54) is 0 Å². The highest BCUT2D eigenvalue weighted by atomic mass is 16.5. The molecule has 1 saturated heterocycles. The smallest absolute Gasteiger partial charge is 0.335 e. The van der Waals surface area contributed by atoms with Crippen molar-refractivity contribution in [3.63, 3.8) is 0 Å². The molecule has 0 bridgehead atoms. The molecule has 1 heterocycles. The Hall–Kier alpha value is -2.73. The largest absolute Gasteiger partial charge is 0.496 e. The predicted molar refractivity (Wildman–Crippen MR) is 107 cm³/mol. The molecule has 0 spiro atoms. The first-order valence-corrected chi connectivity index (χ1v) is 9.40. The summed E-state index contributed by atoms with van der Waals surface area (Å²) in [5.41, 5.74) is 2.41. The van der Waals surface area contributed by atoms with Gasteiger partial charge in [-0.2, -0.15) is 0 Å². The Bertz CT molecular complexity index is 810. The molecule has 0 radical (unpaired) electrons. The van der Waals surface area contributed by atoms with Crippen molar-refractivity contribution in [2.24, 2.45) is 0 Å². The van der Waals surface area contributed by atoms with Gasteiger partial charge in [0.05, 0.1) is 32.5 Å². The maximum Gasteiger partial charge on any atom is 0.335 e. The molecular weight excluding hydrogens is 358 g/mol. The van der Waals surface area contributed by atoms with E-state index in [9.17, 15) is 9.90 Å². The lowest BCUT2D eigenvalue weighted by Crippen LogP contribution is -2.34. The molecule has 1 N–H and O–H groups in total. The van der Waals surface area contributed by atoms with Crippen LogP contribution >= 0.6 is 0 Å². The number of carbonyl (C=O) groups is 1. The lowest BCUT2D eigenvalue weighted by atomic mass is 9.89. The fraction of sp³-hybridized carbons (Fsp3) is 0.409. The SMILES string of the molecule is COc1cc(OC)c(CN2CCC[C@H](c3cccc(C(=O)O)c3)C2)c(OC)c1. The molecule has 150 valence electrons. The number of likely N-dealkylation sites (tertiary alicyclic amines) is 1. The Morgan fingerprint density at radius 2 is 1.82 bits per heavy atom. The summed E-state index contributed by atoms with van der Waals surface area (Å²) in [5.74, 6) is 1.60. The third-order valence-electron chi connectivity index (χ3n) is 5.31. The zero-order valence-electron chi connectivity index (χ0n) is 16.6. The first-order valence-electron chi connectivity index (χ1n) is 9.40. The molecule has 0 aliphatic carbocycles. The minimum Gasteiger partial charge on any atom is -0.496 e. The molecule has 1 aliphatic rings. The van der Waals surface area contributed by atoms with Crippen molar-refractivity contribution >= 4 is 5.97 Å². The number of hydrogen-bond acceptors (Lipinski definition) is 5. The fourth-order valence-corrected chi connectivity index (χ4v) is 3.85. The second kappa shape index (κ2) is 8.97. The van der Waals surface area contributed by atoms with Crippen molar-refractivity contribution in [3.05, 3.63) is 53.1 Å². The van der Waals surface area contributed by atoms with E-state index in [0.717, 1.165) is 48.6 Å². The highest BCUT2D eigenvalue weighted by molar-refractivity contribution is 5.87. The number of benzene rings is 2. The van der Waals surface area contributed by atoms with Gasteiger partial charge in [-0.25, -0.2) is 4.79 Å². The average Bonchev–Trinajstić information content (AvgIpc) is 2.74. The number of methoxy groups -OCH3 is 3. The van der Waals surface area contributed by atoms with Crippen LogP contribution in [0.1, 0.15) is 40.2 Å². The molecule has 1 atom stereocenters. The first kappa shape index (κ1) is 20.0. The molecule has 3 rings (SSSR count). The third kappa shape index (κ3) is 4.39. The van der Waals surface area contributed by atoms with E-state index in [4.69, 9.17) is 14.2 Å². The van der Waals surface area contributed by atoms with Crippen LogP contribution in [0.4, 0.5) is 0 Å². The van der Waals surface area contributed by atoms with Gasteiger partial charge in [0.1, 0.15) is 17.2 Å². The lowest BCUT2D eigenvalue weighted by molar-refractivity contribution is 0.0696. The Morgan fingerprint density at radius 3 is 2.43 bits per heavy atom. The maximum atomic E-state index is 11.3. The molecule has 0 unspecified atom stereocenters. The number of rotatable bonds is 7. The van der Waals surface area contributed by atoms with Gasteiger partial charge in [-0.1, -0.05) is 12.1 Å². The van der Waals surface area contributed by atoms with Crippen LogP contribution in [0.2, 0.25) is 0 Å². The summed E-state index contributed by atoms with van der Waals surface area (Å²) in [4.78, 5) is 13.7. The molecule has 1 fully saturated rings. The fourth-order valence-electron chi connectivity index (χ4n) is 3.85. The zero-order valence-corrected chi connectivity index (χ0v) is 16.6. The van der Waals surface area contributed by atoms with Crippen LogP contribution < -0.4 is 14.2 Å². The number of aromatic carboxylic acids is 1. The quantitative estimate of drug-likeness (QED) is 0.782. The molecule has 0 amide bonds. The number of nitrogens with zero attached hydrogens (tertiary/aromatic N) is 1. The van der Waals surface area contributed by atoms with Crippen LogP contribution in [0.5, 0.6) is 17.2 Å². The topological polar surface area (TPSA) is 68.2 Å². The molecular formula is C22H27NO5. The van der Waals surface area contributed by atoms with Crippen molar-refractivity contribution in [1.82, 2.24) is 4.90 Å². The molecule has 1 aliphatic heterocycles. The predicted octanol–water partition coefficient (Wildman–Crippen LogP) is 3.79. The Balaban J connectivity index is 1.80. The molecule has 6 nitrogen and oxygen atoms in total. The number of piperidine rings is 1. The van der Waals surface area contributed by atoms with Gasteiger partial charge >= 0.3 is 5.97 Å². The molecule has 6 heteroatoms. The van der Waals surface area contributed by atoms with E-state index < -0.39 is 5.97 Å². The standard InChI is InChI=1S/C22H27NO5/c1-26-18-11-20(27-2)19(21(12-18)28-3)14-23-9-5-8-17(13-23)15-6-4-7-16(10-15)22(24)25/h4,6-7,10-12,17H,5,8-9,13-14H2,1-3H3,(H,24,25)/t17-/m0/s1. The van der Waals surface area contributed by atoms with Gasteiger partial charge in [0.25, 0.3) is 0 Å². The van der Waals surface area contributed by atoms with Gasteiger partial charge in [-0.05, 0) is 43.0 Å². The molecule has 0 saturated carbocycles. The summed E-state index contributed by atoms with van der Waals surface area (Å²) in [7, 11) is 4.91. The summed E-state index contributed by atoms with van der Waals surface area (Å²) in [5, 5.41) is 9.26. The van der Waals surface area contributed by atoms with Crippen LogP contribution in [-0.4, -0.2) is 50.4 Å². The summed E-state index contributed by atoms with van der Waals surface area (Å²) >= 11 is 0. The van der Waals surface area contributed by atoms with Crippen molar-refractivity contribution < 1.29 is 24.1 Å². The molecule has 0 aromatic heterocycles. The first-order chi connectivity index (χ1) is 13.5. The highest BCUT2D eigenvalue weighted by Gasteiger charge is 2.24. The number of carboxylic acids is 1. The van der Waals surface area contributed by atoms with Crippen molar-refractivity contribution in [2.45, 2.75) is 25.3 Å². The van der Waals surface area contributed by atoms with Gasteiger partial charge in [0.15, 0.2) is 0 Å². The minimum absolute atomic E-state index is 0.309. The van der Waals surface area contributed by atoms with E-state index in [0.29, 0.717) is 23.8 Å². The van der Waals surface area contributed by atoms with Gasteiger partial charge in [0, 0.05) is 25.2 Å². The summed E-state index contributed by atoms with van der Waals surface area (Å²) < 4.78 is 16.5. The van der Waals surface area contributed by atoms with Gasteiger partial charge in [0.2, 0.25) is 0 Å². The summed E-state index contributed by atoms with van der Waals surface area (Å²) in [6, 6.07) is 11.0. The second-order valence-electron chi connectivity index (χ2n) is 7.02. The highest BCUT2D eigenvalue weighted by Crippen LogP contribution is 2.36. The van der Waals surface area contributed by atoms with Crippen LogP contribution in [0.3, 0.4) is 0 Å². The zero-order chi connectivity index (χ0) is 20.1. The van der Waals surface area contributed by atoms with Crippen LogP contribution in [0.15, 0.2) is 36.4 Å². The van der Waals surface area contributed by atoms with Crippen LogP contribution in [-0.2, 0) is 6.54 Å². The second-order valence-corrected chi connectivity index (χ2v) is 7.02. The monoisotopic (exact) mass is 385 g/mol. The average molecular weight is 385 g/mol. The van der Waals surface area contributed by atoms with Crippen molar-refractivity contribution in [2.75, 3.05) is 34.4 Å². The van der Waals surface area contributed by atoms with Gasteiger partial charge in [-0.15, -0.1) is 0 Å². The van der Waals surface area contributed by atoms with Gasteiger partial charge < -0.3 is 19.3 Å². The Labute approximate surface area is 165 Å². The number of hydrogen-bond donors (Lipinski definition) is 1. The lowest BCUT2D eigenvalue weighted by Gasteiger charge is -2.33. The number of carboxylic acid groups (broad SMARTS) is 1.